The van der Waals surface area contributed by atoms with Crippen molar-refractivity contribution in [2.24, 2.45) is 0 Å². The van der Waals surface area contributed by atoms with E-state index in [0.717, 1.165) is 17.7 Å². The number of hydrogen-bond donors (Lipinski definition) is 0. The number of rotatable bonds is 3. The summed E-state index contributed by atoms with van der Waals surface area (Å²) < 4.78 is 1.61. The Morgan fingerprint density at radius 2 is 2.12 bits per heavy atom. The molecule has 0 radical (unpaired) electrons. The summed E-state index contributed by atoms with van der Waals surface area (Å²) in [6, 6.07) is 3.49. The summed E-state index contributed by atoms with van der Waals surface area (Å²) in [6.07, 6.45) is 0.998. The second-order valence-electron chi connectivity index (χ2n) is 3.69. The minimum Gasteiger partial charge on any atom is -0.303 e. The van der Waals surface area contributed by atoms with Crippen LogP contribution in [0.5, 0.6) is 0 Å². The molecule has 0 aliphatic carbocycles. The molecule has 0 unspecified atom stereocenters. The maximum absolute atomic E-state index is 10.5. The summed E-state index contributed by atoms with van der Waals surface area (Å²) in [5, 5.41) is 4.57. The minimum absolute atomic E-state index is 0.217. The van der Waals surface area contributed by atoms with Crippen molar-refractivity contribution >= 4 is 17.9 Å². The van der Waals surface area contributed by atoms with Crippen LogP contribution in [0.25, 0.3) is 5.95 Å². The Bertz CT molecular complexity index is 565. The lowest BCUT2D eigenvalue weighted by molar-refractivity contribution is -0.107. The number of carbonyl (C=O) groups is 1. The van der Waals surface area contributed by atoms with Gasteiger partial charge in [-0.25, -0.2) is 9.67 Å². The van der Waals surface area contributed by atoms with Crippen molar-refractivity contribution in [3.8, 4) is 5.95 Å². The van der Waals surface area contributed by atoms with Crippen LogP contribution in [0, 0.1) is 13.8 Å². The van der Waals surface area contributed by atoms with E-state index in [0.29, 0.717) is 16.8 Å². The SMILES string of the molecule is Cc1cc(C)n(-c2nc(Cl)cc(CC=O)n2)n1. The minimum atomic E-state index is 0.217. The predicted molar refractivity (Wildman–Crippen MR) is 63.4 cm³/mol. The lowest BCUT2D eigenvalue weighted by Crippen LogP contribution is -2.07. The van der Waals surface area contributed by atoms with Crippen molar-refractivity contribution in [2.75, 3.05) is 0 Å². The van der Waals surface area contributed by atoms with E-state index in [9.17, 15) is 4.79 Å². The van der Waals surface area contributed by atoms with E-state index in [1.165, 1.54) is 0 Å². The van der Waals surface area contributed by atoms with Crippen molar-refractivity contribution in [2.45, 2.75) is 20.3 Å². The van der Waals surface area contributed by atoms with Gasteiger partial charge in [-0.2, -0.15) is 10.1 Å². The van der Waals surface area contributed by atoms with Gasteiger partial charge in [-0.1, -0.05) is 11.6 Å². The molecule has 0 saturated heterocycles. The van der Waals surface area contributed by atoms with Gasteiger partial charge in [-0.3, -0.25) is 0 Å². The van der Waals surface area contributed by atoms with Gasteiger partial charge >= 0.3 is 0 Å². The Hall–Kier alpha value is -1.75. The van der Waals surface area contributed by atoms with Crippen LogP contribution in [0.2, 0.25) is 5.15 Å². The molecule has 5 nitrogen and oxygen atoms in total. The van der Waals surface area contributed by atoms with E-state index in [2.05, 4.69) is 15.1 Å². The summed E-state index contributed by atoms with van der Waals surface area (Å²) in [5.74, 6) is 0.389. The molecule has 17 heavy (non-hydrogen) atoms. The van der Waals surface area contributed by atoms with Crippen molar-refractivity contribution in [1.29, 1.82) is 0 Å². The zero-order valence-electron chi connectivity index (χ0n) is 9.51. The van der Waals surface area contributed by atoms with Crippen LogP contribution in [0.15, 0.2) is 12.1 Å². The normalized spacial score (nSPS) is 10.5. The Labute approximate surface area is 103 Å². The molecule has 0 amide bonds. The van der Waals surface area contributed by atoms with E-state index in [1.807, 2.05) is 19.9 Å². The molecule has 0 aromatic carbocycles. The van der Waals surface area contributed by atoms with Crippen molar-refractivity contribution in [3.63, 3.8) is 0 Å². The summed E-state index contributed by atoms with van der Waals surface area (Å²) in [6.45, 7) is 3.80. The molecule has 0 spiro atoms. The Kier molecular flexibility index (Phi) is 3.19. The highest BCUT2D eigenvalue weighted by Gasteiger charge is 2.09. The maximum atomic E-state index is 10.5. The summed E-state index contributed by atoms with van der Waals surface area (Å²) in [7, 11) is 0. The average Bonchev–Trinajstić information content (AvgIpc) is 2.57. The molecular formula is C11H11ClN4O. The highest BCUT2D eigenvalue weighted by Crippen LogP contribution is 2.12. The molecule has 0 bridgehead atoms. The first-order valence-electron chi connectivity index (χ1n) is 5.11. The topological polar surface area (TPSA) is 60.7 Å². The number of hydrogen-bond acceptors (Lipinski definition) is 4. The van der Waals surface area contributed by atoms with Crippen molar-refractivity contribution < 1.29 is 4.79 Å². The molecule has 0 atom stereocenters. The third kappa shape index (κ3) is 2.50. The Morgan fingerprint density at radius 1 is 1.35 bits per heavy atom. The highest BCUT2D eigenvalue weighted by molar-refractivity contribution is 6.29. The molecule has 2 aromatic rings. The van der Waals surface area contributed by atoms with E-state index in [1.54, 1.807) is 10.7 Å². The Morgan fingerprint density at radius 3 is 2.71 bits per heavy atom. The number of halogens is 1. The molecule has 0 fully saturated rings. The highest BCUT2D eigenvalue weighted by atomic mass is 35.5. The monoisotopic (exact) mass is 250 g/mol. The number of aryl methyl sites for hydroxylation is 2. The Balaban J connectivity index is 2.51. The molecular weight excluding hydrogens is 240 g/mol. The molecule has 2 rings (SSSR count). The van der Waals surface area contributed by atoms with Gasteiger partial charge in [0.1, 0.15) is 11.4 Å². The van der Waals surface area contributed by atoms with Crippen LogP contribution in [-0.2, 0) is 11.2 Å². The fourth-order valence-corrected chi connectivity index (χ4v) is 1.77. The first kappa shape index (κ1) is 11.7. The largest absolute Gasteiger partial charge is 0.303 e. The second-order valence-corrected chi connectivity index (χ2v) is 4.08. The van der Waals surface area contributed by atoms with Crippen LogP contribution in [0.4, 0.5) is 0 Å². The third-order valence-electron chi connectivity index (χ3n) is 2.23. The van der Waals surface area contributed by atoms with E-state index in [-0.39, 0.29) is 6.42 Å². The fourth-order valence-electron chi connectivity index (χ4n) is 1.57. The predicted octanol–water partition coefficient (Wildman–Crippen LogP) is 1.67. The lowest BCUT2D eigenvalue weighted by Gasteiger charge is -2.04. The summed E-state index contributed by atoms with van der Waals surface area (Å²) >= 11 is 5.89. The van der Waals surface area contributed by atoms with Crippen LogP contribution in [-0.4, -0.2) is 26.0 Å². The fraction of sp³-hybridized carbons (Fsp3) is 0.273. The lowest BCUT2D eigenvalue weighted by atomic mass is 10.3. The van der Waals surface area contributed by atoms with E-state index >= 15 is 0 Å². The zero-order valence-corrected chi connectivity index (χ0v) is 10.3. The second kappa shape index (κ2) is 4.63. The number of nitrogens with zero attached hydrogens (tertiary/aromatic N) is 4. The molecule has 2 heterocycles. The third-order valence-corrected chi connectivity index (χ3v) is 2.42. The van der Waals surface area contributed by atoms with Gasteiger partial charge in [0.2, 0.25) is 0 Å². The van der Waals surface area contributed by atoms with Gasteiger partial charge in [-0.15, -0.1) is 0 Å². The molecule has 2 aromatic heterocycles. The first-order chi connectivity index (χ1) is 8.10. The van der Waals surface area contributed by atoms with Crippen LogP contribution in [0.1, 0.15) is 17.1 Å². The molecule has 0 saturated carbocycles. The van der Waals surface area contributed by atoms with Gasteiger partial charge < -0.3 is 4.79 Å². The molecule has 0 aliphatic rings. The van der Waals surface area contributed by atoms with Gasteiger partial charge in [-0.05, 0) is 26.0 Å². The number of carbonyl (C=O) groups excluding carboxylic acids is 1. The smallest absolute Gasteiger partial charge is 0.252 e. The van der Waals surface area contributed by atoms with Gasteiger partial charge in [0, 0.05) is 12.1 Å². The quantitative estimate of drug-likeness (QED) is 0.614. The van der Waals surface area contributed by atoms with Crippen molar-refractivity contribution in [1.82, 2.24) is 19.7 Å². The average molecular weight is 251 g/mol. The van der Waals surface area contributed by atoms with Gasteiger partial charge in [0.05, 0.1) is 11.4 Å². The molecule has 0 aliphatic heterocycles. The summed E-state index contributed by atoms with van der Waals surface area (Å²) in [5.41, 5.74) is 2.38. The van der Waals surface area contributed by atoms with E-state index in [4.69, 9.17) is 11.6 Å². The summed E-state index contributed by atoms with van der Waals surface area (Å²) in [4.78, 5) is 18.8. The standard InChI is InChI=1S/C11H11ClN4O/c1-7-5-8(2)16(15-7)11-13-9(3-4-17)6-10(12)14-11/h4-6H,3H2,1-2H3. The molecule has 6 heteroatoms. The van der Waals surface area contributed by atoms with Crippen LogP contribution < -0.4 is 0 Å². The van der Waals surface area contributed by atoms with Gasteiger partial charge in [0.25, 0.3) is 5.95 Å². The first-order valence-corrected chi connectivity index (χ1v) is 5.48. The van der Waals surface area contributed by atoms with E-state index < -0.39 is 0 Å². The molecule has 88 valence electrons. The zero-order chi connectivity index (χ0) is 12.4. The van der Waals surface area contributed by atoms with Crippen molar-refractivity contribution in [3.05, 3.63) is 34.4 Å². The van der Waals surface area contributed by atoms with Gasteiger partial charge in [0.15, 0.2) is 0 Å². The number of aldehydes is 1. The maximum Gasteiger partial charge on any atom is 0.252 e. The molecule has 0 N–H and O–H groups in total. The number of aromatic nitrogens is 4. The van der Waals surface area contributed by atoms with Crippen LogP contribution in [0.3, 0.4) is 0 Å². The van der Waals surface area contributed by atoms with Crippen LogP contribution >= 0.6 is 11.6 Å².